The Balaban J connectivity index is 1.84. The summed E-state index contributed by atoms with van der Waals surface area (Å²) >= 11 is 1.28. The first-order chi connectivity index (χ1) is 11.0. The molecule has 0 atom stereocenters. The van der Waals surface area contributed by atoms with Crippen molar-refractivity contribution in [2.45, 2.75) is 13.8 Å². The minimum atomic E-state index is -0.298. The Labute approximate surface area is 138 Å². The van der Waals surface area contributed by atoms with Crippen LogP contribution in [0.4, 0.5) is 10.1 Å². The topological polar surface area (TPSA) is 41.5 Å². The summed E-state index contributed by atoms with van der Waals surface area (Å²) in [5.41, 5.74) is 3.84. The third-order valence-corrected chi connectivity index (χ3v) is 4.17. The zero-order valence-electron chi connectivity index (χ0n) is 12.8. The standard InChI is InChI=1S/C18H15FN2OS/c1-11-7-12(2)9-15(8-11)20-18-21-17(22)16(23-18)10-13-3-5-14(19)6-4-13/h3-10H,1-2H3,(H,20,21,22)/b16-10-. The Hall–Kier alpha value is -2.40. The number of amidine groups is 1. The predicted molar refractivity (Wildman–Crippen MR) is 93.1 cm³/mol. The average molecular weight is 326 g/mol. The van der Waals surface area contributed by atoms with Gasteiger partial charge in [0.1, 0.15) is 5.82 Å². The zero-order chi connectivity index (χ0) is 16.4. The number of hydrogen-bond acceptors (Lipinski definition) is 3. The number of aryl methyl sites for hydroxylation is 2. The molecule has 1 saturated heterocycles. The molecule has 0 aliphatic carbocycles. The van der Waals surface area contributed by atoms with Gasteiger partial charge in [0.25, 0.3) is 5.91 Å². The van der Waals surface area contributed by atoms with Crippen molar-refractivity contribution in [2.75, 3.05) is 0 Å². The fraction of sp³-hybridized carbons (Fsp3) is 0.111. The number of amides is 1. The molecule has 0 aromatic heterocycles. The van der Waals surface area contributed by atoms with Crippen LogP contribution in [0, 0.1) is 19.7 Å². The quantitative estimate of drug-likeness (QED) is 0.834. The smallest absolute Gasteiger partial charge is 0.264 e. The second kappa shape index (κ2) is 6.38. The Morgan fingerprint density at radius 1 is 1.09 bits per heavy atom. The molecule has 5 heteroatoms. The molecule has 2 aromatic rings. The first kappa shape index (κ1) is 15.5. The van der Waals surface area contributed by atoms with Gasteiger partial charge in [-0.1, -0.05) is 18.2 Å². The summed E-state index contributed by atoms with van der Waals surface area (Å²) in [5, 5.41) is 3.30. The lowest BCUT2D eigenvalue weighted by molar-refractivity contribution is -0.115. The van der Waals surface area contributed by atoms with Crippen molar-refractivity contribution in [1.29, 1.82) is 0 Å². The van der Waals surface area contributed by atoms with Crippen LogP contribution < -0.4 is 5.32 Å². The van der Waals surface area contributed by atoms with Gasteiger partial charge in [-0.15, -0.1) is 0 Å². The maximum atomic E-state index is 12.9. The van der Waals surface area contributed by atoms with Gasteiger partial charge in [-0.3, -0.25) is 4.79 Å². The summed E-state index contributed by atoms with van der Waals surface area (Å²) < 4.78 is 12.9. The summed E-state index contributed by atoms with van der Waals surface area (Å²) in [7, 11) is 0. The zero-order valence-corrected chi connectivity index (χ0v) is 13.6. The number of nitrogens with zero attached hydrogens (tertiary/aromatic N) is 1. The van der Waals surface area contributed by atoms with Gasteiger partial charge in [0, 0.05) is 0 Å². The monoisotopic (exact) mass is 326 g/mol. The molecular weight excluding hydrogens is 311 g/mol. The van der Waals surface area contributed by atoms with Crippen molar-refractivity contribution >= 4 is 34.6 Å². The van der Waals surface area contributed by atoms with Gasteiger partial charge in [0.2, 0.25) is 0 Å². The van der Waals surface area contributed by atoms with E-state index in [1.165, 1.54) is 23.9 Å². The fourth-order valence-corrected chi connectivity index (χ4v) is 3.17. The SMILES string of the molecule is Cc1cc(C)cc(N=C2NC(=O)/C(=C/c3ccc(F)cc3)S2)c1. The summed E-state index contributed by atoms with van der Waals surface area (Å²) in [6.45, 7) is 4.02. The second-order valence-electron chi connectivity index (χ2n) is 5.38. The van der Waals surface area contributed by atoms with Gasteiger partial charge in [0.15, 0.2) is 5.17 Å². The molecule has 0 saturated carbocycles. The number of halogens is 1. The highest BCUT2D eigenvalue weighted by Crippen LogP contribution is 2.28. The van der Waals surface area contributed by atoms with E-state index < -0.39 is 0 Å². The fourth-order valence-electron chi connectivity index (χ4n) is 2.32. The van der Waals surface area contributed by atoms with Crippen LogP contribution in [0.25, 0.3) is 6.08 Å². The molecule has 0 bridgehead atoms. The maximum Gasteiger partial charge on any atom is 0.264 e. The molecule has 1 aliphatic heterocycles. The van der Waals surface area contributed by atoms with Crippen LogP contribution >= 0.6 is 11.8 Å². The number of rotatable bonds is 2. The molecule has 3 rings (SSSR count). The molecule has 1 amide bonds. The minimum Gasteiger partial charge on any atom is -0.300 e. The van der Waals surface area contributed by atoms with Crippen molar-refractivity contribution in [1.82, 2.24) is 5.32 Å². The number of aliphatic imine (C=N–C) groups is 1. The minimum absolute atomic E-state index is 0.192. The second-order valence-corrected chi connectivity index (χ2v) is 6.41. The van der Waals surface area contributed by atoms with Crippen LogP contribution in [-0.2, 0) is 4.79 Å². The predicted octanol–water partition coefficient (Wildman–Crippen LogP) is 4.33. The molecule has 0 spiro atoms. The van der Waals surface area contributed by atoms with E-state index in [1.807, 2.05) is 26.0 Å². The lowest BCUT2D eigenvalue weighted by Gasteiger charge is -2.00. The molecule has 116 valence electrons. The lowest BCUT2D eigenvalue weighted by Crippen LogP contribution is -2.19. The van der Waals surface area contributed by atoms with Crippen LogP contribution in [0.1, 0.15) is 16.7 Å². The highest BCUT2D eigenvalue weighted by Gasteiger charge is 2.23. The van der Waals surface area contributed by atoms with Gasteiger partial charge in [-0.2, -0.15) is 0 Å². The van der Waals surface area contributed by atoms with Gasteiger partial charge >= 0.3 is 0 Å². The van der Waals surface area contributed by atoms with Gasteiger partial charge in [-0.05, 0) is 72.6 Å². The number of benzene rings is 2. The van der Waals surface area contributed by atoms with E-state index in [4.69, 9.17) is 0 Å². The molecular formula is C18H15FN2OS. The van der Waals surface area contributed by atoms with Crippen LogP contribution in [0.2, 0.25) is 0 Å². The normalized spacial score (nSPS) is 17.8. The number of carbonyl (C=O) groups excluding carboxylic acids is 1. The van der Waals surface area contributed by atoms with E-state index in [-0.39, 0.29) is 11.7 Å². The van der Waals surface area contributed by atoms with E-state index in [9.17, 15) is 9.18 Å². The molecule has 1 fully saturated rings. The average Bonchev–Trinajstić information content (AvgIpc) is 2.80. The molecule has 0 radical (unpaired) electrons. The highest BCUT2D eigenvalue weighted by molar-refractivity contribution is 8.18. The summed E-state index contributed by atoms with van der Waals surface area (Å²) in [6.07, 6.45) is 1.73. The summed E-state index contributed by atoms with van der Waals surface area (Å²) in [4.78, 5) is 17.0. The van der Waals surface area contributed by atoms with Crippen LogP contribution in [0.15, 0.2) is 52.4 Å². The number of nitrogens with one attached hydrogen (secondary N) is 1. The van der Waals surface area contributed by atoms with E-state index in [0.717, 1.165) is 22.4 Å². The molecule has 23 heavy (non-hydrogen) atoms. The van der Waals surface area contributed by atoms with Gasteiger partial charge in [-0.25, -0.2) is 9.38 Å². The van der Waals surface area contributed by atoms with Crippen LogP contribution in [0.3, 0.4) is 0 Å². The first-order valence-corrected chi connectivity index (χ1v) is 7.95. The Morgan fingerprint density at radius 2 is 1.74 bits per heavy atom. The van der Waals surface area contributed by atoms with E-state index in [1.54, 1.807) is 18.2 Å². The summed E-state index contributed by atoms with van der Waals surface area (Å²) in [6, 6.07) is 12.0. The molecule has 1 heterocycles. The third kappa shape index (κ3) is 3.87. The molecule has 1 aliphatic rings. The molecule has 1 N–H and O–H groups in total. The Kier molecular flexibility index (Phi) is 4.30. The van der Waals surface area contributed by atoms with Crippen molar-refractivity contribution in [3.8, 4) is 0 Å². The van der Waals surface area contributed by atoms with Gasteiger partial charge < -0.3 is 5.32 Å². The van der Waals surface area contributed by atoms with Crippen LogP contribution in [0.5, 0.6) is 0 Å². The number of carbonyl (C=O) groups is 1. The van der Waals surface area contributed by atoms with E-state index >= 15 is 0 Å². The Bertz CT molecular complexity index is 805. The van der Waals surface area contributed by atoms with E-state index in [2.05, 4.69) is 16.4 Å². The van der Waals surface area contributed by atoms with Crippen molar-refractivity contribution in [3.05, 3.63) is 69.9 Å². The summed E-state index contributed by atoms with van der Waals surface area (Å²) in [5.74, 6) is -0.491. The third-order valence-electron chi connectivity index (χ3n) is 3.26. The number of hydrogen-bond donors (Lipinski definition) is 1. The van der Waals surface area contributed by atoms with Crippen LogP contribution in [-0.4, -0.2) is 11.1 Å². The Morgan fingerprint density at radius 3 is 2.39 bits per heavy atom. The van der Waals surface area contributed by atoms with Gasteiger partial charge in [0.05, 0.1) is 10.6 Å². The van der Waals surface area contributed by atoms with Crippen molar-refractivity contribution < 1.29 is 9.18 Å². The largest absolute Gasteiger partial charge is 0.300 e. The highest BCUT2D eigenvalue weighted by atomic mass is 32.2. The van der Waals surface area contributed by atoms with Crippen molar-refractivity contribution in [2.24, 2.45) is 4.99 Å². The molecule has 2 aromatic carbocycles. The maximum absolute atomic E-state index is 12.9. The molecule has 0 unspecified atom stereocenters. The lowest BCUT2D eigenvalue weighted by atomic mass is 10.1. The van der Waals surface area contributed by atoms with E-state index in [0.29, 0.717) is 10.1 Å². The first-order valence-electron chi connectivity index (χ1n) is 7.13. The molecule has 3 nitrogen and oxygen atoms in total. The van der Waals surface area contributed by atoms with Crippen molar-refractivity contribution in [3.63, 3.8) is 0 Å². The number of thioether (sulfide) groups is 1.